The summed E-state index contributed by atoms with van der Waals surface area (Å²) in [7, 11) is 0. The van der Waals surface area contributed by atoms with Gasteiger partial charge < -0.3 is 10.2 Å². The molecule has 4 heterocycles. The molecule has 2 aliphatic rings. The van der Waals surface area contributed by atoms with Gasteiger partial charge in [0.2, 0.25) is 0 Å². The van der Waals surface area contributed by atoms with Gasteiger partial charge >= 0.3 is 0 Å². The number of nitrogens with zero attached hydrogens (tertiary/aromatic N) is 6. The highest BCUT2D eigenvalue weighted by atomic mass is 32.1. The number of hydrogen-bond acceptors (Lipinski definition) is 7. The van der Waals surface area contributed by atoms with E-state index in [4.69, 9.17) is 5.10 Å². The number of benzene rings is 1. The Morgan fingerprint density at radius 1 is 1.12 bits per heavy atom. The van der Waals surface area contributed by atoms with Crippen LogP contribution >= 0.6 is 11.3 Å². The third-order valence-corrected chi connectivity index (χ3v) is 7.16. The summed E-state index contributed by atoms with van der Waals surface area (Å²) in [4.78, 5) is 41.3. The van der Waals surface area contributed by atoms with E-state index in [0.29, 0.717) is 54.3 Å². The number of thiazole rings is 1. The third kappa shape index (κ3) is 3.94. The summed E-state index contributed by atoms with van der Waals surface area (Å²) < 4.78 is 2.00. The second kappa shape index (κ2) is 8.60. The van der Waals surface area contributed by atoms with Gasteiger partial charge in [0.25, 0.3) is 11.8 Å². The predicted molar refractivity (Wildman–Crippen MR) is 126 cm³/mol. The fourth-order valence-electron chi connectivity index (χ4n) is 4.46. The van der Waals surface area contributed by atoms with Crippen LogP contribution < -0.4 is 5.32 Å². The third-order valence-electron chi connectivity index (χ3n) is 6.38. The van der Waals surface area contributed by atoms with E-state index in [1.807, 2.05) is 22.2 Å². The fourth-order valence-corrected chi connectivity index (χ4v) is 5.01. The van der Waals surface area contributed by atoms with Crippen molar-refractivity contribution in [2.75, 3.05) is 6.54 Å². The number of rotatable bonds is 6. The van der Waals surface area contributed by atoms with Gasteiger partial charge in [-0.05, 0) is 30.9 Å². The van der Waals surface area contributed by atoms with E-state index < -0.39 is 0 Å². The molecule has 10 heteroatoms. The number of carbonyl (C=O) groups excluding carboxylic acids is 2. The quantitative estimate of drug-likeness (QED) is 0.462. The summed E-state index contributed by atoms with van der Waals surface area (Å²) >= 11 is 1.50. The van der Waals surface area contributed by atoms with Crippen molar-refractivity contribution >= 4 is 34.2 Å². The highest BCUT2D eigenvalue weighted by Gasteiger charge is 2.33. The Bertz CT molecular complexity index is 1370. The summed E-state index contributed by atoms with van der Waals surface area (Å²) in [6, 6.07) is 5.46. The first kappa shape index (κ1) is 20.9. The van der Waals surface area contributed by atoms with Crippen LogP contribution in [0.25, 0.3) is 11.0 Å². The zero-order valence-electron chi connectivity index (χ0n) is 18.5. The maximum absolute atomic E-state index is 13.5. The van der Waals surface area contributed by atoms with Crippen molar-refractivity contribution in [1.82, 2.24) is 34.9 Å². The fraction of sp³-hybridized carbons (Fsp3) is 0.333. The second-order valence-electron chi connectivity index (χ2n) is 8.71. The normalized spacial score (nSPS) is 15.4. The molecule has 172 valence electrons. The highest BCUT2D eigenvalue weighted by Crippen LogP contribution is 2.33. The van der Waals surface area contributed by atoms with Gasteiger partial charge in [-0.2, -0.15) is 5.10 Å². The van der Waals surface area contributed by atoms with Gasteiger partial charge in [0.05, 0.1) is 24.2 Å². The van der Waals surface area contributed by atoms with E-state index >= 15 is 0 Å². The molecular weight excluding hydrogens is 450 g/mol. The van der Waals surface area contributed by atoms with Crippen LogP contribution in [0.1, 0.15) is 50.0 Å². The van der Waals surface area contributed by atoms with Gasteiger partial charge in [-0.1, -0.05) is 6.07 Å². The van der Waals surface area contributed by atoms with Crippen molar-refractivity contribution in [2.24, 2.45) is 5.92 Å². The number of nitrogens with one attached hydrogen (secondary N) is 1. The van der Waals surface area contributed by atoms with Crippen molar-refractivity contribution < 1.29 is 9.59 Å². The number of carbonyl (C=O) groups is 2. The molecule has 0 radical (unpaired) electrons. The molecule has 0 saturated heterocycles. The molecule has 3 aromatic heterocycles. The lowest BCUT2D eigenvalue weighted by Gasteiger charge is -2.28. The van der Waals surface area contributed by atoms with Gasteiger partial charge in [0.15, 0.2) is 5.69 Å². The van der Waals surface area contributed by atoms with E-state index in [2.05, 4.69) is 20.3 Å². The van der Waals surface area contributed by atoms with E-state index in [9.17, 15) is 9.59 Å². The number of aromatic nitrogens is 5. The molecular formula is C24H23N7O2S. The van der Waals surface area contributed by atoms with Gasteiger partial charge in [-0.15, -0.1) is 11.3 Å². The maximum Gasteiger partial charge on any atom is 0.272 e. The first-order valence-electron chi connectivity index (χ1n) is 11.4. The molecule has 0 bridgehead atoms. The first-order valence-corrected chi connectivity index (χ1v) is 12.3. The number of para-hydroxylation sites is 1. The molecule has 1 N–H and O–H groups in total. The smallest absolute Gasteiger partial charge is 0.272 e. The largest absolute Gasteiger partial charge is 0.344 e. The van der Waals surface area contributed by atoms with Crippen molar-refractivity contribution in [1.29, 1.82) is 0 Å². The molecule has 0 unspecified atom stereocenters. The average Bonchev–Trinajstić information content (AvgIpc) is 3.39. The summed E-state index contributed by atoms with van der Waals surface area (Å²) in [6.07, 6.45) is 8.01. The molecule has 34 heavy (non-hydrogen) atoms. The van der Waals surface area contributed by atoms with Crippen LogP contribution in [0.15, 0.2) is 42.2 Å². The minimum Gasteiger partial charge on any atom is -0.344 e. The van der Waals surface area contributed by atoms with Gasteiger partial charge in [0, 0.05) is 54.7 Å². The topological polar surface area (TPSA) is 106 Å². The van der Waals surface area contributed by atoms with E-state index in [1.54, 1.807) is 29.6 Å². The highest BCUT2D eigenvalue weighted by molar-refractivity contribution is 7.09. The zero-order chi connectivity index (χ0) is 23.1. The zero-order valence-corrected chi connectivity index (χ0v) is 19.3. The monoisotopic (exact) mass is 473 g/mol. The van der Waals surface area contributed by atoms with Crippen molar-refractivity contribution in [3.63, 3.8) is 0 Å². The van der Waals surface area contributed by atoms with Crippen LogP contribution in [0.4, 0.5) is 0 Å². The van der Waals surface area contributed by atoms with Crippen molar-refractivity contribution in [2.45, 2.75) is 38.9 Å². The molecule has 6 rings (SSSR count). The van der Waals surface area contributed by atoms with Crippen molar-refractivity contribution in [3.8, 4) is 0 Å². The molecule has 9 nitrogen and oxygen atoms in total. The summed E-state index contributed by atoms with van der Waals surface area (Å²) in [5.74, 6) is 0.288. The Labute approximate surface area is 199 Å². The molecule has 4 aromatic rings. The van der Waals surface area contributed by atoms with E-state index in [0.717, 1.165) is 22.8 Å². The van der Waals surface area contributed by atoms with Gasteiger partial charge in [-0.25, -0.2) is 4.98 Å². The average molecular weight is 474 g/mol. The van der Waals surface area contributed by atoms with Gasteiger partial charge in [0.1, 0.15) is 10.5 Å². The number of fused-ring (bicyclic) bond motifs is 2. The SMILES string of the molecule is O=C(NCc1nccs1)c1nn(CC2CC2)c2c1CN(C(=O)c1cccc3nccnc13)CC2. The van der Waals surface area contributed by atoms with E-state index in [-0.39, 0.29) is 11.8 Å². The molecule has 0 atom stereocenters. The lowest BCUT2D eigenvalue weighted by molar-refractivity contribution is 0.0732. The molecule has 1 fully saturated rings. The van der Waals surface area contributed by atoms with Crippen molar-refractivity contribution in [3.05, 3.63) is 69.7 Å². The Morgan fingerprint density at radius 2 is 2.00 bits per heavy atom. The Hall–Kier alpha value is -3.66. The van der Waals surface area contributed by atoms with Crippen LogP contribution in [0, 0.1) is 5.92 Å². The van der Waals surface area contributed by atoms with E-state index in [1.165, 1.54) is 24.2 Å². The molecule has 1 aliphatic carbocycles. The van der Waals surface area contributed by atoms with Crippen LogP contribution in [0.2, 0.25) is 0 Å². The molecule has 0 spiro atoms. The summed E-state index contributed by atoms with van der Waals surface area (Å²) in [5.41, 5.74) is 4.10. The molecule has 2 amide bonds. The molecule has 1 aromatic carbocycles. The molecule has 1 aliphatic heterocycles. The maximum atomic E-state index is 13.5. The lowest BCUT2D eigenvalue weighted by atomic mass is 10.0. The van der Waals surface area contributed by atoms with Crippen LogP contribution in [0.3, 0.4) is 0 Å². The number of hydrogen-bond donors (Lipinski definition) is 1. The Morgan fingerprint density at radius 3 is 2.82 bits per heavy atom. The number of amides is 2. The minimum absolute atomic E-state index is 0.110. The van der Waals surface area contributed by atoms with Crippen LogP contribution in [-0.2, 0) is 26.1 Å². The summed E-state index contributed by atoms with van der Waals surface area (Å²) in [6.45, 7) is 2.10. The summed E-state index contributed by atoms with van der Waals surface area (Å²) in [5, 5.41) is 10.4. The van der Waals surface area contributed by atoms with Crippen LogP contribution in [-0.4, -0.2) is 48.0 Å². The van der Waals surface area contributed by atoms with Crippen LogP contribution in [0.5, 0.6) is 0 Å². The minimum atomic E-state index is -0.230. The van der Waals surface area contributed by atoms with Gasteiger partial charge in [-0.3, -0.25) is 24.2 Å². The predicted octanol–water partition coefficient (Wildman–Crippen LogP) is 2.82. The molecule has 1 saturated carbocycles. The second-order valence-corrected chi connectivity index (χ2v) is 9.69. The first-order chi connectivity index (χ1) is 16.7. The Balaban J connectivity index is 1.29. The standard InChI is InChI=1S/C24H23N7O2S/c32-23(28-12-20-26-9-11-34-20)22-17-14-30(10-6-19(17)31(29-22)13-15-4-5-15)24(33)16-2-1-3-18-21(16)27-8-7-25-18/h1-3,7-9,11,15H,4-6,10,12-14H2,(H,28,32). The Kier molecular flexibility index (Phi) is 5.29. The lowest BCUT2D eigenvalue weighted by Crippen LogP contribution is -2.37.